The van der Waals surface area contributed by atoms with Crippen LogP contribution in [0.15, 0.2) is 65.4 Å². The molecule has 0 radical (unpaired) electrons. The zero-order chi connectivity index (χ0) is 60.3. The first-order valence-electron chi connectivity index (χ1n) is 30.3. The summed E-state index contributed by atoms with van der Waals surface area (Å²) >= 11 is 0. The van der Waals surface area contributed by atoms with E-state index in [2.05, 4.69) is 41.6 Å². The molecule has 18 nitrogen and oxygen atoms in total. The molecule has 452 valence electrons. The topological polar surface area (TPSA) is 218 Å². The standard InChI is InChI=1S/C65H74F3N11O7/c1-6-46-50(66)14-11-40-27-43(80)28-48(54(40)46)56-55(67)57-49(31-70-56)59(78-33-41-12-13-42(34-78)71-41)75-63(73-57)86-45-18-23-76(24-19-45)32-37-16-25-77(26-17-37)53(82)30-51(39-9-7-38(8-10-39)47-15-22-69-36(47)2)72-60(83)52-29-44(81)35-79(52)61(84)58(64(3,4)5)74-62(85)65(68)20-21-65/h1,7-11,14,22,27-28,31,37,41-42,44-45,51-52,58,71,80-81H,12-13,15-21,23-26,29-30,32-35H2,2-5H3,(H,72,83)(H,74,85)/t41?,42?,44-,51?,52?,58-/m1/s1. The maximum Gasteiger partial charge on any atom is 0.319 e. The van der Waals surface area contributed by atoms with E-state index >= 15 is 8.78 Å². The smallest absolute Gasteiger partial charge is 0.319 e. The Labute approximate surface area is 498 Å². The number of nitrogens with one attached hydrogen (secondary N) is 3. The second-order valence-electron chi connectivity index (χ2n) is 25.8. The summed E-state index contributed by atoms with van der Waals surface area (Å²) in [6.07, 6.45) is 13.5. The van der Waals surface area contributed by atoms with Gasteiger partial charge in [0.1, 0.15) is 46.8 Å². The van der Waals surface area contributed by atoms with Gasteiger partial charge < -0.3 is 50.5 Å². The number of aliphatic hydroxyl groups excluding tert-OH is 1. The molecule has 2 bridgehead atoms. The number of halogens is 3. The van der Waals surface area contributed by atoms with Gasteiger partial charge in [-0.3, -0.25) is 29.2 Å². The van der Waals surface area contributed by atoms with Crippen LogP contribution in [0.25, 0.3) is 38.5 Å². The van der Waals surface area contributed by atoms with Crippen molar-refractivity contribution in [2.75, 3.05) is 57.3 Å². The number of carbonyl (C=O) groups excluding carboxylic acids is 4. The van der Waals surface area contributed by atoms with Crippen molar-refractivity contribution in [3.63, 3.8) is 0 Å². The van der Waals surface area contributed by atoms with Gasteiger partial charge in [0.25, 0.3) is 5.91 Å². The largest absolute Gasteiger partial charge is 0.508 e. The highest BCUT2D eigenvalue weighted by Gasteiger charge is 2.53. The number of rotatable bonds is 15. The number of piperidine rings is 2. The monoisotopic (exact) mass is 1180 g/mol. The molecule has 5 saturated heterocycles. The van der Waals surface area contributed by atoms with Crippen molar-refractivity contribution in [3.8, 4) is 35.4 Å². The van der Waals surface area contributed by atoms with Crippen molar-refractivity contribution in [2.24, 2.45) is 16.3 Å². The van der Waals surface area contributed by atoms with E-state index in [1.165, 1.54) is 35.4 Å². The quantitative estimate of drug-likeness (QED) is 0.0652. The second kappa shape index (κ2) is 23.5. The SMILES string of the molecule is C#Cc1c(F)ccc2cc(O)cc(-c3ncc4c(N5CC6CCC(C5)N6)nc(OC5CCN(CC6CCN(C(=O)CC(NC(=O)C7C[C@@H](O)CN7C(=O)[C@@H](NC(=O)C7(F)CC7)C(C)(C)C)c7ccc(C8=C(C)N=CC8)cc7)CC6)CC5)nc4c3F)c12. The molecular formula is C65H74F3N11O7. The number of aliphatic imine (C=N–C) groups is 1. The van der Waals surface area contributed by atoms with E-state index in [4.69, 9.17) is 21.1 Å². The van der Waals surface area contributed by atoms with Crippen LogP contribution in [0.5, 0.6) is 11.8 Å². The number of ether oxygens (including phenoxy) is 1. The van der Waals surface area contributed by atoms with E-state index in [0.29, 0.717) is 73.5 Å². The number of carbonyl (C=O) groups is 4. The molecular weight excluding hydrogens is 1100 g/mol. The molecule has 12 rings (SSSR count). The third-order valence-electron chi connectivity index (χ3n) is 18.6. The van der Waals surface area contributed by atoms with Crippen LogP contribution in [0.1, 0.15) is 121 Å². The molecule has 86 heavy (non-hydrogen) atoms. The number of phenols is 1. The Bertz CT molecular complexity index is 3590. The fourth-order valence-electron chi connectivity index (χ4n) is 13.6. The van der Waals surface area contributed by atoms with Crippen molar-refractivity contribution in [2.45, 2.75) is 146 Å². The Hall–Kier alpha value is -7.67. The number of aromatic hydroxyl groups is 1. The number of anilines is 1. The van der Waals surface area contributed by atoms with Gasteiger partial charge in [0.2, 0.25) is 17.7 Å². The van der Waals surface area contributed by atoms with Crippen LogP contribution >= 0.6 is 0 Å². The van der Waals surface area contributed by atoms with Gasteiger partial charge in [0.15, 0.2) is 11.5 Å². The summed E-state index contributed by atoms with van der Waals surface area (Å²) in [5, 5.41) is 32.1. The summed E-state index contributed by atoms with van der Waals surface area (Å²) in [6.45, 7) is 11.7. The molecule has 5 N–H and O–H groups in total. The lowest BCUT2D eigenvalue weighted by molar-refractivity contribution is -0.145. The maximum atomic E-state index is 17.3. The predicted molar refractivity (Wildman–Crippen MR) is 320 cm³/mol. The van der Waals surface area contributed by atoms with Crippen LogP contribution in [-0.4, -0.2) is 164 Å². The number of likely N-dealkylation sites (tertiary alicyclic amines) is 3. The number of allylic oxidation sites excluding steroid dienone is 2. The number of alkyl halides is 1. The zero-order valence-corrected chi connectivity index (χ0v) is 49.1. The van der Waals surface area contributed by atoms with Crippen molar-refractivity contribution in [3.05, 3.63) is 88.7 Å². The molecule has 2 aromatic heterocycles. The minimum absolute atomic E-state index is 0.0117. The Morgan fingerprint density at radius 1 is 0.930 bits per heavy atom. The van der Waals surface area contributed by atoms with E-state index in [0.717, 1.165) is 62.2 Å². The Kier molecular flexibility index (Phi) is 16.1. The van der Waals surface area contributed by atoms with Gasteiger partial charge in [-0.2, -0.15) is 9.97 Å². The minimum Gasteiger partial charge on any atom is -0.508 e. The molecule has 1 saturated carbocycles. The molecule has 6 fully saturated rings. The fourth-order valence-corrected chi connectivity index (χ4v) is 13.6. The van der Waals surface area contributed by atoms with Crippen molar-refractivity contribution in [1.29, 1.82) is 0 Å². The summed E-state index contributed by atoms with van der Waals surface area (Å²) in [5.41, 5.74) is 0.700. The van der Waals surface area contributed by atoms with Gasteiger partial charge >= 0.3 is 6.01 Å². The van der Waals surface area contributed by atoms with Crippen LogP contribution in [0.4, 0.5) is 19.0 Å². The summed E-state index contributed by atoms with van der Waals surface area (Å²) in [5.74, 6) is -0.499. The molecule has 0 spiro atoms. The highest BCUT2D eigenvalue weighted by atomic mass is 19.1. The lowest BCUT2D eigenvalue weighted by Gasteiger charge is -2.38. The van der Waals surface area contributed by atoms with Gasteiger partial charge in [0.05, 0.1) is 29.5 Å². The molecule has 3 aromatic carbocycles. The Morgan fingerprint density at radius 2 is 1.65 bits per heavy atom. The number of fused-ring (bicyclic) bond motifs is 4. The molecule has 5 aromatic rings. The number of hydrogen-bond donors (Lipinski definition) is 5. The third kappa shape index (κ3) is 12.0. The van der Waals surface area contributed by atoms with Crippen molar-refractivity contribution < 1.29 is 47.3 Å². The van der Waals surface area contributed by atoms with E-state index in [1.807, 2.05) is 42.3 Å². The van der Waals surface area contributed by atoms with E-state index in [-0.39, 0.29) is 95.8 Å². The minimum atomic E-state index is -2.02. The molecule has 1 aliphatic carbocycles. The Balaban J connectivity index is 0.700. The van der Waals surface area contributed by atoms with E-state index in [9.17, 15) is 33.8 Å². The van der Waals surface area contributed by atoms with E-state index < -0.39 is 64.7 Å². The average molecular weight is 1180 g/mol. The van der Waals surface area contributed by atoms with Crippen LogP contribution in [0.3, 0.4) is 0 Å². The summed E-state index contributed by atoms with van der Waals surface area (Å²) < 4.78 is 53.8. The summed E-state index contributed by atoms with van der Waals surface area (Å²) in [7, 11) is 0. The number of pyridine rings is 1. The van der Waals surface area contributed by atoms with Crippen molar-refractivity contribution in [1.82, 2.24) is 45.6 Å². The van der Waals surface area contributed by atoms with Crippen LogP contribution < -0.4 is 25.6 Å². The number of benzene rings is 3. The highest BCUT2D eigenvalue weighted by molar-refractivity contribution is 6.03. The molecule has 6 atom stereocenters. The van der Waals surface area contributed by atoms with Crippen molar-refractivity contribution >= 4 is 62.9 Å². The lowest BCUT2D eigenvalue weighted by atomic mass is 9.85. The second-order valence-corrected chi connectivity index (χ2v) is 25.8. The van der Waals surface area contributed by atoms with Crippen LogP contribution in [-0.2, 0) is 19.2 Å². The normalized spacial score (nSPS) is 23.2. The summed E-state index contributed by atoms with van der Waals surface area (Å²) in [4.78, 5) is 82.4. The molecule has 6 aliphatic heterocycles. The first kappa shape index (κ1) is 58.7. The lowest BCUT2D eigenvalue weighted by Crippen LogP contribution is -2.59. The van der Waals surface area contributed by atoms with E-state index in [1.54, 1.807) is 20.8 Å². The number of aromatic nitrogens is 3. The Morgan fingerprint density at radius 3 is 2.31 bits per heavy atom. The number of amides is 4. The number of hydrogen-bond acceptors (Lipinski definition) is 14. The van der Waals surface area contributed by atoms with Gasteiger partial charge in [-0.15, -0.1) is 6.42 Å². The third-order valence-corrected chi connectivity index (χ3v) is 18.6. The molecule has 7 aliphatic rings. The number of piperazine rings is 1. The summed E-state index contributed by atoms with van der Waals surface area (Å²) in [6, 6.07) is 10.7. The zero-order valence-electron chi connectivity index (χ0n) is 49.1. The number of terminal acetylenes is 1. The van der Waals surface area contributed by atoms with Gasteiger partial charge in [-0.1, -0.05) is 57.0 Å². The molecule has 4 unspecified atom stereocenters. The maximum absolute atomic E-state index is 17.3. The average Bonchev–Trinajstić information content (AvgIpc) is 1.19. The van der Waals surface area contributed by atoms with Crippen LogP contribution in [0, 0.1) is 35.3 Å². The number of nitrogens with zero attached hydrogens (tertiary/aromatic N) is 8. The van der Waals surface area contributed by atoms with Gasteiger partial charge in [0, 0.05) is 106 Å². The first-order valence-corrected chi connectivity index (χ1v) is 30.3. The predicted octanol–water partition coefficient (Wildman–Crippen LogP) is 7.28. The first-order chi connectivity index (χ1) is 41.2. The molecule has 4 amide bonds. The molecule has 8 heterocycles. The fraction of sp³-hybridized carbons (Fsp3) is 0.508. The van der Waals surface area contributed by atoms with Crippen LogP contribution in [0.2, 0.25) is 0 Å². The van der Waals surface area contributed by atoms with Gasteiger partial charge in [-0.05, 0) is 110 Å². The highest BCUT2D eigenvalue weighted by Crippen LogP contribution is 2.42. The number of β-amino-alcohol motifs (C(OH)–C–C–N with tert-alkyl or cyclic N) is 1. The van der Waals surface area contributed by atoms with Gasteiger partial charge in [-0.25, -0.2) is 13.2 Å². The number of aliphatic hydroxyl groups is 1. The number of phenolic OH excluding ortho intramolecular Hbond substituents is 1. The molecule has 21 heteroatoms.